The molecule has 0 saturated carbocycles. The maximum atomic E-state index is 12.6. The summed E-state index contributed by atoms with van der Waals surface area (Å²) < 4.78 is 67.0. The number of halogens is 7. The average Bonchev–Trinajstić information content (AvgIpc) is 3.00. The first kappa shape index (κ1) is 36.2. The van der Waals surface area contributed by atoms with Crippen LogP contribution in [0.25, 0.3) is 0 Å². The van der Waals surface area contributed by atoms with E-state index in [4.69, 9.17) is 11.6 Å². The lowest BCUT2D eigenvalue weighted by Crippen LogP contribution is -2.55. The molecular weight excluding hydrogens is 668 g/mol. The van der Waals surface area contributed by atoms with E-state index in [1.807, 2.05) is 37.8 Å². The summed E-state index contributed by atoms with van der Waals surface area (Å²) in [7, 11) is 0. The fourth-order valence-electron chi connectivity index (χ4n) is 4.84. The SMILES string of the molecule is CC(C)(C)NC(=O)N1CCN(c2ccc3cc2CCc2cccc(c2)Nc2ncc(Cl)c(n2)N3)CC1.O=C(C(=O)C(F)(F)F)C(F)(F)F. The fourth-order valence-corrected chi connectivity index (χ4v) is 4.98. The first-order valence-corrected chi connectivity index (χ1v) is 15.0. The van der Waals surface area contributed by atoms with Crippen LogP contribution in [0.4, 0.5) is 60.0 Å². The first-order valence-electron chi connectivity index (χ1n) is 14.6. The maximum absolute atomic E-state index is 12.6. The van der Waals surface area contributed by atoms with E-state index in [1.54, 1.807) is 6.20 Å². The van der Waals surface area contributed by atoms with Crippen LogP contribution >= 0.6 is 11.6 Å². The van der Waals surface area contributed by atoms with Crippen LogP contribution < -0.4 is 20.9 Å². The van der Waals surface area contributed by atoms with Gasteiger partial charge in [-0.15, -0.1) is 0 Å². The van der Waals surface area contributed by atoms with Crippen molar-refractivity contribution in [3.63, 3.8) is 0 Å². The van der Waals surface area contributed by atoms with Crippen molar-refractivity contribution in [1.82, 2.24) is 20.2 Å². The molecule has 17 heteroatoms. The molecule has 3 N–H and O–H groups in total. The smallest absolute Gasteiger partial charge is 0.368 e. The van der Waals surface area contributed by atoms with E-state index in [1.165, 1.54) is 16.8 Å². The van der Waals surface area contributed by atoms with E-state index in [0.29, 0.717) is 29.9 Å². The van der Waals surface area contributed by atoms with E-state index in [-0.39, 0.29) is 11.6 Å². The number of rotatable bonds is 2. The molecule has 2 aliphatic heterocycles. The minimum atomic E-state index is -5.77. The van der Waals surface area contributed by atoms with Crippen LogP contribution in [0.5, 0.6) is 0 Å². The topological polar surface area (TPSA) is 120 Å². The number of fused-ring (bicyclic) bond motifs is 6. The Hall–Kier alpha value is -4.60. The lowest BCUT2D eigenvalue weighted by molar-refractivity contribution is -0.193. The van der Waals surface area contributed by atoms with Gasteiger partial charge < -0.3 is 25.8 Å². The summed E-state index contributed by atoms with van der Waals surface area (Å²) in [4.78, 5) is 45.0. The number of carbonyl (C=O) groups excluding carboxylic acids is 3. The molecule has 0 radical (unpaired) electrons. The Balaban J connectivity index is 0.000000371. The first-order chi connectivity index (χ1) is 22.3. The van der Waals surface area contributed by atoms with Crippen LogP contribution in [0.1, 0.15) is 31.9 Å². The summed E-state index contributed by atoms with van der Waals surface area (Å²) in [6, 6.07) is 14.7. The Labute approximate surface area is 276 Å². The summed E-state index contributed by atoms with van der Waals surface area (Å²) in [6.07, 6.45) is -8.15. The van der Waals surface area contributed by atoms with Crippen molar-refractivity contribution in [3.05, 3.63) is 64.8 Å². The van der Waals surface area contributed by atoms with Gasteiger partial charge in [0.15, 0.2) is 5.82 Å². The number of anilines is 5. The molecule has 48 heavy (non-hydrogen) atoms. The van der Waals surface area contributed by atoms with Crippen LogP contribution in [-0.2, 0) is 22.4 Å². The van der Waals surface area contributed by atoms with Gasteiger partial charge in [0.05, 0.1) is 6.20 Å². The number of piperazine rings is 1. The molecule has 0 unspecified atom stereocenters. The highest BCUT2D eigenvalue weighted by Crippen LogP contribution is 2.31. The van der Waals surface area contributed by atoms with Gasteiger partial charge in [0.25, 0.3) is 0 Å². The average molecular weight is 700 g/mol. The number of nitrogens with zero attached hydrogens (tertiary/aromatic N) is 4. The fraction of sp³-hybridized carbons (Fsp3) is 0.387. The number of alkyl halides is 6. The Morgan fingerprint density at radius 1 is 0.833 bits per heavy atom. The summed E-state index contributed by atoms with van der Waals surface area (Å²) in [5.74, 6) is -5.77. The van der Waals surface area contributed by atoms with Gasteiger partial charge in [-0.3, -0.25) is 9.59 Å². The minimum Gasteiger partial charge on any atom is -0.368 e. The molecular formula is C31H32ClF6N7O3. The van der Waals surface area contributed by atoms with Crippen molar-refractivity contribution in [2.24, 2.45) is 0 Å². The third-order valence-corrected chi connectivity index (χ3v) is 7.34. The van der Waals surface area contributed by atoms with Crippen molar-refractivity contribution in [1.29, 1.82) is 0 Å². The number of carbonyl (C=O) groups is 3. The molecule has 1 fully saturated rings. The monoisotopic (exact) mass is 699 g/mol. The lowest BCUT2D eigenvalue weighted by atomic mass is 10.0. The number of aryl methyl sites for hydroxylation is 2. The number of hydrogen-bond donors (Lipinski definition) is 3. The Kier molecular flexibility index (Phi) is 10.8. The zero-order valence-corrected chi connectivity index (χ0v) is 26.8. The number of hydrogen-bond acceptors (Lipinski definition) is 8. The molecule has 2 aliphatic rings. The lowest BCUT2D eigenvalue weighted by Gasteiger charge is -2.38. The zero-order chi connectivity index (χ0) is 35.4. The molecule has 5 rings (SSSR count). The van der Waals surface area contributed by atoms with Crippen LogP contribution in [-0.4, -0.2) is 76.5 Å². The zero-order valence-electron chi connectivity index (χ0n) is 26.0. The predicted molar refractivity (Wildman–Crippen MR) is 168 cm³/mol. The normalized spacial score (nSPS) is 14.9. The minimum absolute atomic E-state index is 0.00188. The molecule has 1 saturated heterocycles. The van der Waals surface area contributed by atoms with Crippen LogP contribution in [0.15, 0.2) is 48.7 Å². The van der Waals surface area contributed by atoms with Gasteiger partial charge >= 0.3 is 30.0 Å². The third kappa shape index (κ3) is 9.71. The largest absolute Gasteiger partial charge is 0.458 e. The summed E-state index contributed by atoms with van der Waals surface area (Å²) in [6.45, 7) is 8.97. The highest BCUT2D eigenvalue weighted by molar-refractivity contribution is 6.41. The summed E-state index contributed by atoms with van der Waals surface area (Å²) in [5, 5.41) is 10.2. The Bertz CT molecular complexity index is 1650. The number of nitrogens with one attached hydrogen (secondary N) is 3. The molecule has 3 heterocycles. The van der Waals surface area contributed by atoms with Crippen molar-refractivity contribution < 1.29 is 40.7 Å². The molecule has 3 aromatic rings. The van der Waals surface area contributed by atoms with Crippen molar-refractivity contribution >= 4 is 58.0 Å². The summed E-state index contributed by atoms with van der Waals surface area (Å²) >= 11 is 6.40. The molecule has 6 bridgehead atoms. The van der Waals surface area contributed by atoms with Crippen LogP contribution in [0.2, 0.25) is 5.02 Å². The van der Waals surface area contributed by atoms with E-state index in [0.717, 1.165) is 37.3 Å². The number of ketones is 2. The van der Waals surface area contributed by atoms with Crippen molar-refractivity contribution in [2.75, 3.05) is 41.7 Å². The Morgan fingerprint density at radius 3 is 2.06 bits per heavy atom. The summed E-state index contributed by atoms with van der Waals surface area (Å²) in [5.41, 5.74) is 5.31. The van der Waals surface area contributed by atoms with Gasteiger partial charge in [0.2, 0.25) is 5.95 Å². The van der Waals surface area contributed by atoms with E-state index >= 15 is 0 Å². The number of amides is 2. The standard InChI is InChI=1S/C27H32ClN7O.C4F6O2/c1-27(2,3)33-26(36)35-13-11-34(12-14-35)23-10-9-21-16-19(23)8-7-18-5-4-6-20(15-18)31-25-29-17-22(28)24(30-21)32-25;5-3(6,7)1(11)2(12)4(8,9)10/h4-6,9-10,15-17H,7-8,11-14H2,1-3H3,(H,33,36)(H2,29,30,31,32);. The second kappa shape index (κ2) is 14.3. The quantitative estimate of drug-likeness (QED) is 0.202. The molecule has 0 aliphatic carbocycles. The highest BCUT2D eigenvalue weighted by atomic mass is 35.5. The second-order valence-electron chi connectivity index (χ2n) is 12.0. The highest BCUT2D eigenvalue weighted by Gasteiger charge is 2.54. The van der Waals surface area contributed by atoms with E-state index in [2.05, 4.69) is 61.2 Å². The molecule has 0 spiro atoms. The predicted octanol–water partition coefficient (Wildman–Crippen LogP) is 6.60. The van der Waals surface area contributed by atoms with E-state index in [9.17, 15) is 40.7 Å². The van der Waals surface area contributed by atoms with Crippen LogP contribution in [0.3, 0.4) is 0 Å². The van der Waals surface area contributed by atoms with Crippen molar-refractivity contribution in [3.8, 4) is 0 Å². The molecule has 258 valence electrons. The molecule has 0 atom stereocenters. The third-order valence-electron chi connectivity index (χ3n) is 7.06. The van der Waals surface area contributed by atoms with E-state index < -0.39 is 23.9 Å². The van der Waals surface area contributed by atoms with Gasteiger partial charge in [-0.1, -0.05) is 23.7 Å². The van der Waals surface area contributed by atoms with Gasteiger partial charge in [-0.2, -0.15) is 31.3 Å². The number of urea groups is 1. The molecule has 10 nitrogen and oxygen atoms in total. The molecule has 1 aromatic heterocycles. The molecule has 2 aromatic carbocycles. The van der Waals surface area contributed by atoms with Gasteiger partial charge in [-0.25, -0.2) is 9.78 Å². The molecule has 2 amide bonds. The number of Topliss-reactive ketones (excluding diaryl/α,β-unsaturated/α-hetero) is 2. The Morgan fingerprint density at radius 2 is 1.46 bits per heavy atom. The van der Waals surface area contributed by atoms with Gasteiger partial charge in [0.1, 0.15) is 5.02 Å². The number of benzene rings is 2. The van der Waals surface area contributed by atoms with Gasteiger partial charge in [0, 0.05) is 48.8 Å². The van der Waals surface area contributed by atoms with Gasteiger partial charge in [-0.05, 0) is 75.1 Å². The maximum Gasteiger partial charge on any atom is 0.458 e. The number of aromatic nitrogens is 2. The van der Waals surface area contributed by atoms with Crippen LogP contribution in [0, 0.1) is 0 Å². The van der Waals surface area contributed by atoms with Crippen molar-refractivity contribution in [2.45, 2.75) is 51.5 Å². The second-order valence-corrected chi connectivity index (χ2v) is 12.4.